The number of nitrogens with one attached hydrogen (secondary N) is 1. The molecule has 2 rings (SSSR count). The normalized spacial score (nSPS) is 12.0. The third kappa shape index (κ3) is 6.42. The molecular formula is C21H26FN3O5S. The SMILES string of the molecule is CNC(=O)[C@@H](C)N(Cc1ccc(F)cc1)C(=O)CN(c1ccc(OC)cc1)S(C)(=O)=O. The molecular weight excluding hydrogens is 425 g/mol. The lowest BCUT2D eigenvalue weighted by Crippen LogP contribution is -2.50. The van der Waals surface area contributed by atoms with Gasteiger partial charge in [-0.3, -0.25) is 13.9 Å². The molecule has 0 aliphatic rings. The van der Waals surface area contributed by atoms with E-state index in [0.29, 0.717) is 11.3 Å². The van der Waals surface area contributed by atoms with E-state index in [1.807, 2.05) is 0 Å². The van der Waals surface area contributed by atoms with Gasteiger partial charge in [0, 0.05) is 13.6 Å². The van der Waals surface area contributed by atoms with Gasteiger partial charge in [-0.2, -0.15) is 0 Å². The van der Waals surface area contributed by atoms with Gasteiger partial charge in [-0.05, 0) is 48.9 Å². The molecule has 2 amide bonds. The average molecular weight is 452 g/mol. The predicted molar refractivity (Wildman–Crippen MR) is 116 cm³/mol. The van der Waals surface area contributed by atoms with Crippen LogP contribution in [0.4, 0.5) is 10.1 Å². The van der Waals surface area contributed by atoms with Gasteiger partial charge in [0.1, 0.15) is 24.2 Å². The molecule has 10 heteroatoms. The highest BCUT2D eigenvalue weighted by Crippen LogP contribution is 2.22. The quantitative estimate of drug-likeness (QED) is 0.627. The Morgan fingerprint density at radius 3 is 2.16 bits per heavy atom. The molecule has 31 heavy (non-hydrogen) atoms. The van der Waals surface area contributed by atoms with Crippen LogP contribution in [0.5, 0.6) is 5.75 Å². The van der Waals surface area contributed by atoms with Crippen molar-refractivity contribution in [1.29, 1.82) is 0 Å². The van der Waals surface area contributed by atoms with E-state index in [0.717, 1.165) is 10.6 Å². The Kier molecular flexibility index (Phi) is 7.98. The minimum absolute atomic E-state index is 0.00785. The van der Waals surface area contributed by atoms with E-state index >= 15 is 0 Å². The van der Waals surface area contributed by atoms with Gasteiger partial charge >= 0.3 is 0 Å². The summed E-state index contributed by atoms with van der Waals surface area (Å²) in [6.45, 7) is 1.04. The maximum atomic E-state index is 13.2. The van der Waals surface area contributed by atoms with Crippen LogP contribution in [-0.2, 0) is 26.2 Å². The molecule has 8 nitrogen and oxygen atoms in total. The third-order valence-electron chi connectivity index (χ3n) is 4.72. The number of nitrogens with zero attached hydrogens (tertiary/aromatic N) is 2. The molecule has 0 aliphatic carbocycles. The zero-order valence-electron chi connectivity index (χ0n) is 17.8. The molecule has 0 saturated heterocycles. The van der Waals surface area contributed by atoms with Crippen molar-refractivity contribution in [2.45, 2.75) is 19.5 Å². The van der Waals surface area contributed by atoms with Crippen LogP contribution in [-0.4, -0.2) is 58.1 Å². The molecule has 0 unspecified atom stereocenters. The average Bonchev–Trinajstić information content (AvgIpc) is 2.75. The zero-order chi connectivity index (χ0) is 23.2. The van der Waals surface area contributed by atoms with Crippen molar-refractivity contribution in [3.63, 3.8) is 0 Å². The highest BCUT2D eigenvalue weighted by Gasteiger charge is 2.29. The second-order valence-corrected chi connectivity index (χ2v) is 8.81. The topological polar surface area (TPSA) is 96.0 Å². The fourth-order valence-electron chi connectivity index (χ4n) is 2.94. The summed E-state index contributed by atoms with van der Waals surface area (Å²) >= 11 is 0. The summed E-state index contributed by atoms with van der Waals surface area (Å²) < 4.78 is 44.1. The molecule has 168 valence electrons. The minimum atomic E-state index is -3.80. The summed E-state index contributed by atoms with van der Waals surface area (Å²) in [7, 11) is -0.871. The van der Waals surface area contributed by atoms with Gasteiger partial charge in [-0.1, -0.05) is 12.1 Å². The van der Waals surface area contributed by atoms with Crippen LogP contribution >= 0.6 is 0 Å². The fourth-order valence-corrected chi connectivity index (χ4v) is 3.79. The number of methoxy groups -OCH3 is 1. The first-order chi connectivity index (χ1) is 14.6. The number of hydrogen-bond donors (Lipinski definition) is 1. The molecule has 0 spiro atoms. The number of carbonyl (C=O) groups excluding carboxylic acids is 2. The van der Waals surface area contributed by atoms with E-state index < -0.39 is 40.2 Å². The van der Waals surface area contributed by atoms with Crippen LogP contribution in [0.15, 0.2) is 48.5 Å². The van der Waals surface area contributed by atoms with E-state index in [4.69, 9.17) is 4.74 Å². The maximum Gasteiger partial charge on any atom is 0.244 e. The lowest BCUT2D eigenvalue weighted by molar-refractivity contribution is -0.139. The van der Waals surface area contributed by atoms with E-state index in [2.05, 4.69) is 5.32 Å². The number of likely N-dealkylation sites (N-methyl/N-ethyl adjacent to an activating group) is 1. The van der Waals surface area contributed by atoms with E-state index in [-0.39, 0.29) is 12.2 Å². The number of anilines is 1. The monoisotopic (exact) mass is 451 g/mol. The largest absolute Gasteiger partial charge is 0.497 e. The second-order valence-electron chi connectivity index (χ2n) is 6.91. The van der Waals surface area contributed by atoms with Crippen LogP contribution in [0.3, 0.4) is 0 Å². The molecule has 0 bridgehead atoms. The summed E-state index contributed by atoms with van der Waals surface area (Å²) in [5.74, 6) is -0.883. The summed E-state index contributed by atoms with van der Waals surface area (Å²) in [4.78, 5) is 26.6. The first kappa shape index (κ1) is 24.1. The van der Waals surface area contributed by atoms with Crippen molar-refractivity contribution in [2.75, 3.05) is 31.3 Å². The van der Waals surface area contributed by atoms with Gasteiger partial charge in [0.25, 0.3) is 0 Å². The zero-order valence-corrected chi connectivity index (χ0v) is 18.6. The number of halogens is 1. The highest BCUT2D eigenvalue weighted by molar-refractivity contribution is 7.92. The van der Waals surface area contributed by atoms with Gasteiger partial charge in [0.2, 0.25) is 21.8 Å². The molecule has 0 aromatic heterocycles. The van der Waals surface area contributed by atoms with Gasteiger partial charge in [0.15, 0.2) is 0 Å². The number of amides is 2. The highest BCUT2D eigenvalue weighted by atomic mass is 32.2. The Labute approximate surface area is 181 Å². The molecule has 0 radical (unpaired) electrons. The first-order valence-corrected chi connectivity index (χ1v) is 11.3. The Balaban J connectivity index is 2.35. The Morgan fingerprint density at radius 1 is 1.10 bits per heavy atom. The molecule has 1 atom stereocenters. The van der Waals surface area contributed by atoms with Crippen molar-refractivity contribution in [3.05, 3.63) is 59.9 Å². The number of ether oxygens (including phenoxy) is 1. The molecule has 1 N–H and O–H groups in total. The number of carbonyl (C=O) groups is 2. The Morgan fingerprint density at radius 2 is 1.68 bits per heavy atom. The number of sulfonamides is 1. The van der Waals surface area contributed by atoms with Gasteiger partial charge in [-0.15, -0.1) is 0 Å². The lowest BCUT2D eigenvalue weighted by atomic mass is 10.1. The van der Waals surface area contributed by atoms with E-state index in [1.54, 1.807) is 19.1 Å². The fraction of sp³-hybridized carbons (Fsp3) is 0.333. The second kappa shape index (κ2) is 10.3. The molecule has 0 fully saturated rings. The number of hydrogen-bond acceptors (Lipinski definition) is 5. The van der Waals surface area contributed by atoms with Crippen molar-refractivity contribution in [2.24, 2.45) is 0 Å². The molecule has 2 aromatic carbocycles. The molecule has 0 heterocycles. The number of rotatable bonds is 9. The third-order valence-corrected chi connectivity index (χ3v) is 5.86. The van der Waals surface area contributed by atoms with Crippen molar-refractivity contribution in [1.82, 2.24) is 10.2 Å². The molecule has 2 aromatic rings. The Bertz CT molecular complexity index is 1010. The van der Waals surface area contributed by atoms with Crippen LogP contribution in [0, 0.1) is 5.82 Å². The van der Waals surface area contributed by atoms with Gasteiger partial charge in [0.05, 0.1) is 19.1 Å². The first-order valence-electron chi connectivity index (χ1n) is 9.44. The number of benzene rings is 2. The van der Waals surface area contributed by atoms with Gasteiger partial charge < -0.3 is 15.0 Å². The van der Waals surface area contributed by atoms with Crippen molar-refractivity contribution < 1.29 is 27.1 Å². The molecule has 0 saturated carbocycles. The summed E-state index contributed by atoms with van der Waals surface area (Å²) in [5, 5.41) is 2.48. The van der Waals surface area contributed by atoms with E-state index in [9.17, 15) is 22.4 Å². The predicted octanol–water partition coefficient (Wildman–Crippen LogP) is 1.76. The van der Waals surface area contributed by atoms with Crippen LogP contribution in [0.25, 0.3) is 0 Å². The summed E-state index contributed by atoms with van der Waals surface area (Å²) in [6, 6.07) is 10.9. The van der Waals surface area contributed by atoms with Crippen molar-refractivity contribution in [3.8, 4) is 5.75 Å². The molecule has 0 aliphatic heterocycles. The Hall–Kier alpha value is -3.14. The van der Waals surface area contributed by atoms with Crippen molar-refractivity contribution >= 4 is 27.5 Å². The summed E-state index contributed by atoms with van der Waals surface area (Å²) in [6.07, 6.45) is 0.997. The van der Waals surface area contributed by atoms with E-state index in [1.165, 1.54) is 55.5 Å². The van der Waals surface area contributed by atoms with Crippen LogP contribution < -0.4 is 14.4 Å². The lowest BCUT2D eigenvalue weighted by Gasteiger charge is -2.31. The summed E-state index contributed by atoms with van der Waals surface area (Å²) in [5.41, 5.74) is 0.881. The smallest absolute Gasteiger partial charge is 0.244 e. The van der Waals surface area contributed by atoms with Gasteiger partial charge in [-0.25, -0.2) is 12.8 Å². The maximum absolute atomic E-state index is 13.2. The van der Waals surface area contributed by atoms with Crippen LogP contribution in [0.2, 0.25) is 0 Å². The standard InChI is InChI=1S/C21H26FN3O5S/c1-15(21(27)23-2)24(13-16-5-7-17(22)8-6-16)20(26)14-25(31(4,28)29)18-9-11-19(30-3)12-10-18/h5-12,15H,13-14H2,1-4H3,(H,23,27)/t15-/m1/s1. The van der Waals surface area contributed by atoms with Crippen LogP contribution in [0.1, 0.15) is 12.5 Å². The minimum Gasteiger partial charge on any atom is -0.497 e.